The molecule has 2 aromatic carbocycles. The monoisotopic (exact) mass is 388 g/mol. The van der Waals surface area contributed by atoms with Crippen LogP contribution in [0.3, 0.4) is 0 Å². The third-order valence-corrected chi connectivity index (χ3v) is 5.99. The molecule has 0 aromatic heterocycles. The fourth-order valence-electron chi connectivity index (χ4n) is 3.16. The van der Waals surface area contributed by atoms with Crippen molar-refractivity contribution < 1.29 is 22.3 Å². The molecule has 0 atom stereocenters. The van der Waals surface area contributed by atoms with Gasteiger partial charge in [0.2, 0.25) is 5.91 Å². The number of carbonyl (C=O) groups is 1. The Bertz CT molecular complexity index is 1010. The third kappa shape index (κ3) is 3.84. The predicted octanol–water partition coefficient (Wildman–Crippen LogP) is 2.25. The molecule has 1 aliphatic rings. The molecular formula is C19H17FN2O4S. The average Bonchev–Trinajstić information content (AvgIpc) is 2.68. The van der Waals surface area contributed by atoms with E-state index in [1.165, 1.54) is 42.5 Å². The summed E-state index contributed by atoms with van der Waals surface area (Å²) < 4.78 is 46.4. The molecule has 1 heterocycles. The van der Waals surface area contributed by atoms with Crippen LogP contribution in [0.2, 0.25) is 0 Å². The average molecular weight is 388 g/mol. The number of hydrogen-bond donors (Lipinski definition) is 1. The highest BCUT2D eigenvalue weighted by molar-refractivity contribution is 7.90. The first-order valence-electron chi connectivity index (χ1n) is 8.29. The number of amides is 1. The Hall–Kier alpha value is -2.76. The van der Waals surface area contributed by atoms with E-state index in [1.807, 2.05) is 6.07 Å². The molecule has 6 nitrogen and oxygen atoms in total. The number of nitrogens with one attached hydrogen (secondary N) is 1. The molecule has 1 saturated heterocycles. The number of benzene rings is 2. The van der Waals surface area contributed by atoms with Crippen LogP contribution in [0.1, 0.15) is 24.0 Å². The van der Waals surface area contributed by atoms with E-state index in [4.69, 9.17) is 10.00 Å². The molecule has 1 fully saturated rings. The molecule has 8 heteroatoms. The minimum atomic E-state index is -4.18. The van der Waals surface area contributed by atoms with E-state index in [0.29, 0.717) is 5.56 Å². The zero-order valence-electron chi connectivity index (χ0n) is 14.3. The maximum atomic E-state index is 13.7. The summed E-state index contributed by atoms with van der Waals surface area (Å²) in [5.74, 6) is -1.24. The summed E-state index contributed by atoms with van der Waals surface area (Å²) >= 11 is 0. The Labute approximate surface area is 156 Å². The van der Waals surface area contributed by atoms with E-state index in [9.17, 15) is 17.6 Å². The van der Waals surface area contributed by atoms with Gasteiger partial charge in [-0.05, 0) is 48.7 Å². The summed E-state index contributed by atoms with van der Waals surface area (Å²) in [6.07, 6.45) is 0.464. The molecule has 0 spiro atoms. The van der Waals surface area contributed by atoms with Gasteiger partial charge in [0.1, 0.15) is 5.82 Å². The molecule has 0 unspecified atom stereocenters. The summed E-state index contributed by atoms with van der Waals surface area (Å²) in [6, 6.07) is 12.8. The molecule has 27 heavy (non-hydrogen) atoms. The van der Waals surface area contributed by atoms with E-state index in [-0.39, 0.29) is 36.5 Å². The van der Waals surface area contributed by atoms with Crippen LogP contribution in [0, 0.1) is 17.1 Å². The van der Waals surface area contributed by atoms with Crippen molar-refractivity contribution in [2.24, 2.45) is 0 Å². The van der Waals surface area contributed by atoms with Crippen molar-refractivity contribution in [3.8, 4) is 6.07 Å². The van der Waals surface area contributed by atoms with E-state index in [2.05, 4.69) is 4.72 Å². The van der Waals surface area contributed by atoms with E-state index >= 15 is 0 Å². The lowest BCUT2D eigenvalue weighted by atomic mass is 9.73. The second-order valence-corrected chi connectivity index (χ2v) is 7.96. The SMILES string of the molecule is N#Cc1cccc(S(=O)(=O)NC(=O)C2(c3cccc(F)c3)CCOCC2)c1. The van der Waals surface area contributed by atoms with E-state index in [1.54, 1.807) is 6.07 Å². The van der Waals surface area contributed by atoms with Crippen molar-refractivity contribution in [3.63, 3.8) is 0 Å². The molecule has 0 aliphatic carbocycles. The molecule has 0 bridgehead atoms. The topological polar surface area (TPSA) is 96.3 Å². The van der Waals surface area contributed by atoms with Crippen LogP contribution in [-0.4, -0.2) is 27.5 Å². The highest BCUT2D eigenvalue weighted by Gasteiger charge is 2.43. The van der Waals surface area contributed by atoms with Gasteiger partial charge in [-0.1, -0.05) is 18.2 Å². The number of halogens is 1. The first-order valence-corrected chi connectivity index (χ1v) is 9.77. The molecule has 1 aliphatic heterocycles. The van der Waals surface area contributed by atoms with Gasteiger partial charge in [0, 0.05) is 13.2 Å². The Morgan fingerprint density at radius 3 is 2.52 bits per heavy atom. The van der Waals surface area contributed by atoms with Gasteiger partial charge in [-0.2, -0.15) is 5.26 Å². The van der Waals surface area contributed by atoms with Crippen LogP contribution in [0.25, 0.3) is 0 Å². The number of carbonyl (C=O) groups excluding carboxylic acids is 1. The van der Waals surface area contributed by atoms with Crippen molar-refractivity contribution >= 4 is 15.9 Å². The molecule has 0 radical (unpaired) electrons. The van der Waals surface area contributed by atoms with Crippen LogP contribution in [0.4, 0.5) is 4.39 Å². The molecule has 140 valence electrons. The highest BCUT2D eigenvalue weighted by Crippen LogP contribution is 2.36. The van der Waals surface area contributed by atoms with Gasteiger partial charge < -0.3 is 4.74 Å². The van der Waals surface area contributed by atoms with Gasteiger partial charge >= 0.3 is 0 Å². The second-order valence-electron chi connectivity index (χ2n) is 6.28. The largest absolute Gasteiger partial charge is 0.381 e. The summed E-state index contributed by atoms with van der Waals surface area (Å²) in [5.41, 5.74) is -0.638. The second kappa shape index (κ2) is 7.47. The van der Waals surface area contributed by atoms with Gasteiger partial charge in [-0.3, -0.25) is 4.79 Å². The van der Waals surface area contributed by atoms with Crippen molar-refractivity contribution in [1.29, 1.82) is 5.26 Å². The normalized spacial score (nSPS) is 16.3. The summed E-state index contributed by atoms with van der Waals surface area (Å²) in [6.45, 7) is 0.516. The Kier molecular flexibility index (Phi) is 5.26. The van der Waals surface area contributed by atoms with Crippen molar-refractivity contribution in [2.45, 2.75) is 23.2 Å². The Morgan fingerprint density at radius 2 is 1.85 bits per heavy atom. The summed E-state index contributed by atoms with van der Waals surface area (Å²) in [7, 11) is -4.18. The van der Waals surface area contributed by atoms with Gasteiger partial charge in [0.25, 0.3) is 10.0 Å². The minimum absolute atomic E-state index is 0.163. The molecule has 2 aromatic rings. The van der Waals surface area contributed by atoms with E-state index < -0.39 is 27.2 Å². The zero-order chi connectivity index (χ0) is 19.5. The summed E-state index contributed by atoms with van der Waals surface area (Å²) in [4.78, 5) is 12.9. The number of sulfonamides is 1. The van der Waals surface area contributed by atoms with Gasteiger partial charge in [-0.25, -0.2) is 17.5 Å². The minimum Gasteiger partial charge on any atom is -0.381 e. The molecule has 1 N–H and O–H groups in total. The lowest BCUT2D eigenvalue weighted by molar-refractivity contribution is -0.128. The Balaban J connectivity index is 1.96. The van der Waals surface area contributed by atoms with E-state index in [0.717, 1.165) is 0 Å². The quantitative estimate of drug-likeness (QED) is 0.867. The molecule has 1 amide bonds. The van der Waals surface area contributed by atoms with Crippen LogP contribution < -0.4 is 4.72 Å². The van der Waals surface area contributed by atoms with Gasteiger partial charge in [0.15, 0.2) is 0 Å². The van der Waals surface area contributed by atoms with Gasteiger partial charge in [0.05, 0.1) is 21.9 Å². The smallest absolute Gasteiger partial charge is 0.264 e. The van der Waals surface area contributed by atoms with Crippen LogP contribution in [0.15, 0.2) is 53.4 Å². The van der Waals surface area contributed by atoms with Crippen molar-refractivity contribution in [2.75, 3.05) is 13.2 Å². The maximum absolute atomic E-state index is 13.7. The number of hydrogen-bond acceptors (Lipinski definition) is 5. The highest BCUT2D eigenvalue weighted by atomic mass is 32.2. The van der Waals surface area contributed by atoms with Crippen molar-refractivity contribution in [3.05, 3.63) is 65.5 Å². The first-order chi connectivity index (χ1) is 12.9. The van der Waals surface area contributed by atoms with Crippen LogP contribution >= 0.6 is 0 Å². The maximum Gasteiger partial charge on any atom is 0.264 e. The standard InChI is InChI=1S/C19H17FN2O4S/c20-16-5-2-4-15(12-16)19(7-9-26-10-8-19)18(23)22-27(24,25)17-6-1-3-14(11-17)13-21/h1-6,11-12H,7-10H2,(H,22,23). The molecule has 0 saturated carbocycles. The van der Waals surface area contributed by atoms with Crippen molar-refractivity contribution in [1.82, 2.24) is 4.72 Å². The first kappa shape index (κ1) is 19.0. The summed E-state index contributed by atoms with van der Waals surface area (Å²) in [5, 5.41) is 8.95. The third-order valence-electron chi connectivity index (χ3n) is 4.66. The Morgan fingerprint density at radius 1 is 1.15 bits per heavy atom. The zero-order valence-corrected chi connectivity index (χ0v) is 15.1. The number of nitriles is 1. The molecule has 3 rings (SSSR count). The van der Waals surface area contributed by atoms with Crippen LogP contribution in [-0.2, 0) is 25.0 Å². The predicted molar refractivity (Wildman–Crippen MR) is 94.6 cm³/mol. The molecular weight excluding hydrogens is 371 g/mol. The lowest BCUT2D eigenvalue weighted by Gasteiger charge is -2.36. The van der Waals surface area contributed by atoms with Crippen LogP contribution in [0.5, 0.6) is 0 Å². The lowest BCUT2D eigenvalue weighted by Crippen LogP contribution is -2.49. The number of ether oxygens (including phenoxy) is 1. The number of nitrogens with zero attached hydrogens (tertiary/aromatic N) is 1. The van der Waals surface area contributed by atoms with Gasteiger partial charge in [-0.15, -0.1) is 0 Å². The number of rotatable bonds is 4. The fraction of sp³-hybridized carbons (Fsp3) is 0.263. The fourth-order valence-corrected chi connectivity index (χ4v) is 4.26.